The van der Waals surface area contributed by atoms with Gasteiger partial charge in [-0.2, -0.15) is 0 Å². The fourth-order valence-corrected chi connectivity index (χ4v) is 1.32. The Hall–Kier alpha value is -0.0900. The Balaban J connectivity index is 0.000001000. The second-order valence-electron chi connectivity index (χ2n) is 2.22. The van der Waals surface area contributed by atoms with Gasteiger partial charge in [0.15, 0.2) is 0 Å². The standard InChI is InChI=1S/C7H9BrN2.BrH/c1-5-2-3-7(9)10-6(8)4-5;/h2,4H,3H2,1H3,(H2,9,10);1H. The topological polar surface area (TPSA) is 38.4 Å². The lowest BCUT2D eigenvalue weighted by Gasteiger charge is -1.89. The first kappa shape index (κ1) is 10.9. The van der Waals surface area contributed by atoms with E-state index in [1.807, 2.05) is 19.1 Å². The summed E-state index contributed by atoms with van der Waals surface area (Å²) >= 11 is 3.27. The third kappa shape index (κ3) is 3.72. The van der Waals surface area contributed by atoms with Crippen molar-refractivity contribution in [2.24, 2.45) is 10.7 Å². The molecule has 1 rings (SSSR count). The minimum Gasteiger partial charge on any atom is -0.387 e. The molecule has 1 aliphatic rings. The number of hydrogen-bond donors (Lipinski definition) is 1. The molecule has 0 aliphatic carbocycles. The van der Waals surface area contributed by atoms with Gasteiger partial charge in [-0.3, -0.25) is 0 Å². The molecular weight excluding hydrogens is 272 g/mol. The number of aliphatic imine (C=N–C) groups is 1. The van der Waals surface area contributed by atoms with E-state index < -0.39 is 0 Å². The van der Waals surface area contributed by atoms with Crippen LogP contribution in [0, 0.1) is 0 Å². The summed E-state index contributed by atoms with van der Waals surface area (Å²) in [7, 11) is 0. The lowest BCUT2D eigenvalue weighted by molar-refractivity contribution is 1.35. The zero-order valence-corrected chi connectivity index (χ0v) is 9.47. The molecule has 0 fully saturated rings. The molecule has 2 N–H and O–H groups in total. The van der Waals surface area contributed by atoms with E-state index in [0.29, 0.717) is 5.84 Å². The molecule has 0 aromatic carbocycles. The highest BCUT2D eigenvalue weighted by Gasteiger charge is 1.97. The highest BCUT2D eigenvalue weighted by atomic mass is 79.9. The maximum absolute atomic E-state index is 5.52. The number of nitrogens with zero attached hydrogens (tertiary/aromatic N) is 1. The Morgan fingerprint density at radius 3 is 2.91 bits per heavy atom. The lowest BCUT2D eigenvalue weighted by Crippen LogP contribution is -2.08. The van der Waals surface area contributed by atoms with Crippen LogP contribution in [0.5, 0.6) is 0 Å². The summed E-state index contributed by atoms with van der Waals surface area (Å²) in [5.74, 6) is 0.653. The Labute approximate surface area is 85.2 Å². The lowest BCUT2D eigenvalue weighted by atomic mass is 10.2. The monoisotopic (exact) mass is 280 g/mol. The zero-order chi connectivity index (χ0) is 7.56. The number of hydrogen-bond acceptors (Lipinski definition) is 2. The van der Waals surface area contributed by atoms with Gasteiger partial charge >= 0.3 is 0 Å². The van der Waals surface area contributed by atoms with E-state index in [2.05, 4.69) is 20.9 Å². The highest BCUT2D eigenvalue weighted by Crippen LogP contribution is 2.14. The molecule has 0 bridgehead atoms. The van der Waals surface area contributed by atoms with Gasteiger partial charge in [0.1, 0.15) is 10.4 Å². The van der Waals surface area contributed by atoms with Gasteiger partial charge in [0.25, 0.3) is 0 Å². The van der Waals surface area contributed by atoms with Crippen molar-refractivity contribution in [2.45, 2.75) is 13.3 Å². The number of amidine groups is 1. The first-order valence-corrected chi connectivity index (χ1v) is 3.85. The fraction of sp³-hybridized carbons (Fsp3) is 0.286. The number of rotatable bonds is 0. The maximum Gasteiger partial charge on any atom is 0.108 e. The van der Waals surface area contributed by atoms with E-state index in [-0.39, 0.29) is 17.0 Å². The SMILES string of the molecule is Br.CC1=CCC(N)=NC(Br)=C1. The predicted octanol–water partition coefficient (Wildman–Crippen LogP) is 2.51. The van der Waals surface area contributed by atoms with E-state index in [0.717, 1.165) is 11.0 Å². The van der Waals surface area contributed by atoms with Crippen LogP contribution in [0.4, 0.5) is 0 Å². The van der Waals surface area contributed by atoms with Gasteiger partial charge in [-0.1, -0.05) is 11.6 Å². The molecule has 0 amide bonds. The van der Waals surface area contributed by atoms with Gasteiger partial charge in [0.05, 0.1) is 0 Å². The van der Waals surface area contributed by atoms with Crippen molar-refractivity contribution in [1.29, 1.82) is 0 Å². The first-order valence-electron chi connectivity index (χ1n) is 3.05. The molecule has 0 unspecified atom stereocenters. The van der Waals surface area contributed by atoms with Crippen LogP contribution in [-0.4, -0.2) is 5.84 Å². The van der Waals surface area contributed by atoms with E-state index in [1.165, 1.54) is 5.57 Å². The zero-order valence-electron chi connectivity index (χ0n) is 6.17. The summed E-state index contributed by atoms with van der Waals surface area (Å²) in [5, 5.41) is 0. The summed E-state index contributed by atoms with van der Waals surface area (Å²) < 4.78 is 0.802. The Morgan fingerprint density at radius 1 is 1.64 bits per heavy atom. The van der Waals surface area contributed by atoms with Crippen molar-refractivity contribution in [3.8, 4) is 0 Å². The van der Waals surface area contributed by atoms with E-state index in [9.17, 15) is 0 Å². The van der Waals surface area contributed by atoms with Gasteiger partial charge in [-0.15, -0.1) is 17.0 Å². The summed E-state index contributed by atoms with van der Waals surface area (Å²) in [5.41, 5.74) is 6.71. The van der Waals surface area contributed by atoms with Crippen molar-refractivity contribution in [2.75, 3.05) is 0 Å². The van der Waals surface area contributed by atoms with Crippen molar-refractivity contribution >= 4 is 38.7 Å². The second-order valence-corrected chi connectivity index (χ2v) is 3.03. The molecule has 0 saturated carbocycles. The number of allylic oxidation sites excluding steroid dienone is 2. The molecule has 0 saturated heterocycles. The van der Waals surface area contributed by atoms with Crippen molar-refractivity contribution in [3.63, 3.8) is 0 Å². The average molecular weight is 282 g/mol. The summed E-state index contributed by atoms with van der Waals surface area (Å²) in [6.07, 6.45) is 4.74. The van der Waals surface area contributed by atoms with Crippen LogP contribution >= 0.6 is 32.9 Å². The highest BCUT2D eigenvalue weighted by molar-refractivity contribution is 9.11. The molecule has 4 heteroatoms. The third-order valence-corrected chi connectivity index (χ3v) is 1.64. The third-order valence-electron chi connectivity index (χ3n) is 1.23. The average Bonchev–Trinajstić information content (AvgIpc) is 1.93. The molecule has 1 heterocycles. The van der Waals surface area contributed by atoms with Gasteiger partial charge in [0, 0.05) is 6.42 Å². The molecule has 0 spiro atoms. The van der Waals surface area contributed by atoms with Crippen LogP contribution in [0.3, 0.4) is 0 Å². The second kappa shape index (κ2) is 4.72. The summed E-state index contributed by atoms with van der Waals surface area (Å²) in [6, 6.07) is 0. The predicted molar refractivity (Wildman–Crippen MR) is 57.3 cm³/mol. The van der Waals surface area contributed by atoms with E-state index in [1.54, 1.807) is 0 Å². The summed E-state index contributed by atoms with van der Waals surface area (Å²) in [4.78, 5) is 4.05. The van der Waals surface area contributed by atoms with Crippen LogP contribution in [0.15, 0.2) is 27.3 Å². The molecule has 0 aromatic rings. The largest absolute Gasteiger partial charge is 0.387 e. The van der Waals surface area contributed by atoms with Gasteiger partial charge < -0.3 is 5.73 Å². The molecule has 2 nitrogen and oxygen atoms in total. The minimum absolute atomic E-state index is 0. The quantitative estimate of drug-likeness (QED) is 0.681. The minimum atomic E-state index is 0. The van der Waals surface area contributed by atoms with Crippen LogP contribution in [0.2, 0.25) is 0 Å². The Morgan fingerprint density at radius 2 is 2.27 bits per heavy atom. The molecule has 0 atom stereocenters. The normalized spacial score (nSPS) is 17.1. The number of nitrogens with two attached hydrogens (primary N) is 1. The van der Waals surface area contributed by atoms with Crippen molar-refractivity contribution in [3.05, 3.63) is 22.3 Å². The van der Waals surface area contributed by atoms with Crippen LogP contribution in [0.1, 0.15) is 13.3 Å². The van der Waals surface area contributed by atoms with Crippen LogP contribution < -0.4 is 5.73 Å². The van der Waals surface area contributed by atoms with Gasteiger partial charge in [0.2, 0.25) is 0 Å². The van der Waals surface area contributed by atoms with Crippen LogP contribution in [0.25, 0.3) is 0 Å². The number of halogens is 2. The molecule has 0 radical (unpaired) electrons. The van der Waals surface area contributed by atoms with Crippen molar-refractivity contribution in [1.82, 2.24) is 0 Å². The smallest absolute Gasteiger partial charge is 0.108 e. The Kier molecular flexibility index (Phi) is 4.68. The fourth-order valence-electron chi connectivity index (χ4n) is 0.727. The molecular formula is C7H10Br2N2. The Bertz CT molecular complexity index is 229. The maximum atomic E-state index is 5.52. The first-order chi connectivity index (χ1) is 4.68. The van der Waals surface area contributed by atoms with E-state index >= 15 is 0 Å². The molecule has 62 valence electrons. The van der Waals surface area contributed by atoms with Gasteiger partial charge in [-0.25, -0.2) is 4.99 Å². The van der Waals surface area contributed by atoms with Crippen LogP contribution in [-0.2, 0) is 0 Å². The van der Waals surface area contributed by atoms with Crippen molar-refractivity contribution < 1.29 is 0 Å². The van der Waals surface area contributed by atoms with Gasteiger partial charge in [-0.05, 0) is 28.9 Å². The molecule has 0 aromatic heterocycles. The summed E-state index contributed by atoms with van der Waals surface area (Å²) in [6.45, 7) is 2.02. The molecule has 1 aliphatic heterocycles. The van der Waals surface area contributed by atoms with E-state index in [4.69, 9.17) is 5.73 Å². The molecule has 11 heavy (non-hydrogen) atoms.